The highest BCUT2D eigenvalue weighted by Crippen LogP contribution is 2.41. The Balaban J connectivity index is 1.77. The van der Waals surface area contributed by atoms with Gasteiger partial charge < -0.3 is 13.7 Å². The van der Waals surface area contributed by atoms with Gasteiger partial charge in [0.25, 0.3) is 0 Å². The molecule has 2 aromatic carbocycles. The standard InChI is InChI=1S/C22H20F4N2O5S2/c1-31-11-32-14-8-13-4-3-5-17(23)19(13)16(10-14)12-6-7-15-18(9-12)27-21(34-2)28-20(15)33-35(29,30)22(24,25)26/h3-5,8,10,12H,6-7,9,11H2,1-2H3. The van der Waals surface area contributed by atoms with Crippen molar-refractivity contribution in [2.24, 2.45) is 0 Å². The second-order valence-electron chi connectivity index (χ2n) is 7.76. The molecule has 1 aliphatic carbocycles. The average molecular weight is 533 g/mol. The van der Waals surface area contributed by atoms with Crippen molar-refractivity contribution in [2.45, 2.75) is 35.8 Å². The van der Waals surface area contributed by atoms with E-state index in [9.17, 15) is 26.0 Å². The molecule has 0 amide bonds. The van der Waals surface area contributed by atoms with E-state index in [1.165, 1.54) is 13.2 Å². The van der Waals surface area contributed by atoms with Gasteiger partial charge in [-0.3, -0.25) is 0 Å². The quantitative estimate of drug-likeness (QED) is 0.105. The first-order chi connectivity index (χ1) is 16.5. The molecular formula is C22H20F4N2O5S2. The number of thioether (sulfide) groups is 1. The highest BCUT2D eigenvalue weighted by molar-refractivity contribution is 7.98. The van der Waals surface area contributed by atoms with Gasteiger partial charge in [0, 0.05) is 18.1 Å². The molecule has 0 spiro atoms. The topological polar surface area (TPSA) is 87.6 Å². The van der Waals surface area contributed by atoms with E-state index in [-0.39, 0.29) is 36.3 Å². The van der Waals surface area contributed by atoms with Gasteiger partial charge in [0.05, 0.1) is 5.69 Å². The average Bonchev–Trinajstić information content (AvgIpc) is 2.80. The molecule has 1 aliphatic rings. The second-order valence-corrected chi connectivity index (χ2v) is 10.1. The van der Waals surface area contributed by atoms with Crippen molar-refractivity contribution >= 4 is 32.7 Å². The molecule has 35 heavy (non-hydrogen) atoms. The first kappa shape index (κ1) is 25.5. The molecule has 188 valence electrons. The molecule has 13 heteroatoms. The fraction of sp³-hybridized carbons (Fsp3) is 0.364. The van der Waals surface area contributed by atoms with Crippen LogP contribution in [-0.2, 0) is 27.7 Å². The van der Waals surface area contributed by atoms with Crippen LogP contribution in [0.25, 0.3) is 10.8 Å². The van der Waals surface area contributed by atoms with Gasteiger partial charge >= 0.3 is 15.6 Å². The molecule has 0 bridgehead atoms. The van der Waals surface area contributed by atoms with Gasteiger partial charge in [-0.15, -0.1) is 0 Å². The van der Waals surface area contributed by atoms with E-state index in [1.807, 2.05) is 0 Å². The van der Waals surface area contributed by atoms with Crippen molar-refractivity contribution in [3.8, 4) is 11.6 Å². The van der Waals surface area contributed by atoms with Crippen LogP contribution in [0.1, 0.15) is 29.2 Å². The van der Waals surface area contributed by atoms with Gasteiger partial charge in [-0.05, 0) is 60.6 Å². The molecule has 0 fully saturated rings. The van der Waals surface area contributed by atoms with Gasteiger partial charge in [-0.25, -0.2) is 9.37 Å². The molecule has 0 saturated heterocycles. The number of halogens is 4. The minimum absolute atomic E-state index is 0.00749. The maximum absolute atomic E-state index is 14.9. The first-order valence-electron chi connectivity index (χ1n) is 10.3. The number of ether oxygens (including phenoxy) is 2. The van der Waals surface area contributed by atoms with Crippen molar-refractivity contribution in [1.29, 1.82) is 0 Å². The number of hydrogen-bond donors (Lipinski definition) is 0. The van der Waals surface area contributed by atoms with Crippen LogP contribution in [0.2, 0.25) is 0 Å². The number of alkyl halides is 3. The van der Waals surface area contributed by atoms with Gasteiger partial charge in [0.2, 0.25) is 5.88 Å². The van der Waals surface area contributed by atoms with E-state index in [1.54, 1.807) is 30.5 Å². The molecule has 0 aliphatic heterocycles. The molecule has 1 heterocycles. The fourth-order valence-electron chi connectivity index (χ4n) is 4.05. The van der Waals surface area contributed by atoms with E-state index in [0.29, 0.717) is 34.2 Å². The molecule has 1 aromatic heterocycles. The summed E-state index contributed by atoms with van der Waals surface area (Å²) in [7, 11) is -4.43. The third-order valence-electron chi connectivity index (χ3n) is 5.58. The Bertz CT molecular complexity index is 1370. The summed E-state index contributed by atoms with van der Waals surface area (Å²) >= 11 is 1.03. The lowest BCUT2D eigenvalue weighted by Crippen LogP contribution is -2.29. The number of rotatable bonds is 7. The van der Waals surface area contributed by atoms with Crippen LogP contribution >= 0.6 is 11.8 Å². The molecule has 0 N–H and O–H groups in total. The van der Waals surface area contributed by atoms with Crippen molar-refractivity contribution < 1.29 is 39.6 Å². The van der Waals surface area contributed by atoms with Crippen molar-refractivity contribution in [3.63, 3.8) is 0 Å². The molecule has 1 atom stereocenters. The molecule has 3 aromatic rings. The minimum Gasteiger partial charge on any atom is -0.468 e. The first-order valence-corrected chi connectivity index (χ1v) is 13.0. The lowest BCUT2D eigenvalue weighted by Gasteiger charge is -2.27. The maximum atomic E-state index is 14.9. The third-order valence-corrected chi connectivity index (χ3v) is 7.08. The smallest absolute Gasteiger partial charge is 0.468 e. The number of benzene rings is 2. The lowest BCUT2D eigenvalue weighted by atomic mass is 9.80. The SMILES string of the molecule is COCOc1cc(C2CCc3c(nc(SC)nc3OS(=O)(=O)C(F)(F)F)C2)c2c(F)cccc2c1. The van der Waals surface area contributed by atoms with Crippen LogP contribution in [0.15, 0.2) is 35.5 Å². The Morgan fingerprint density at radius 2 is 1.97 bits per heavy atom. The van der Waals surface area contributed by atoms with Crippen LogP contribution < -0.4 is 8.92 Å². The number of fused-ring (bicyclic) bond motifs is 2. The zero-order valence-corrected chi connectivity index (χ0v) is 20.2. The number of nitrogens with zero attached hydrogens (tertiary/aromatic N) is 2. The summed E-state index contributed by atoms with van der Waals surface area (Å²) in [6.07, 6.45) is 2.32. The zero-order chi connectivity index (χ0) is 25.4. The summed E-state index contributed by atoms with van der Waals surface area (Å²) in [5.74, 6) is -0.860. The Morgan fingerprint density at radius 3 is 2.66 bits per heavy atom. The summed E-state index contributed by atoms with van der Waals surface area (Å²) in [4.78, 5) is 8.26. The summed E-state index contributed by atoms with van der Waals surface area (Å²) in [6, 6.07) is 8.09. The van der Waals surface area contributed by atoms with Crippen LogP contribution in [0.3, 0.4) is 0 Å². The predicted molar refractivity (Wildman–Crippen MR) is 121 cm³/mol. The third kappa shape index (κ3) is 5.16. The van der Waals surface area contributed by atoms with Crippen LogP contribution in [0, 0.1) is 5.82 Å². The molecule has 1 unspecified atom stereocenters. The zero-order valence-electron chi connectivity index (χ0n) is 18.6. The van der Waals surface area contributed by atoms with Crippen molar-refractivity contribution in [3.05, 3.63) is 53.0 Å². The van der Waals surface area contributed by atoms with E-state index in [0.717, 1.165) is 11.8 Å². The Kier molecular flexibility index (Phi) is 7.11. The number of hydrogen-bond acceptors (Lipinski definition) is 8. The van der Waals surface area contributed by atoms with Crippen molar-refractivity contribution in [1.82, 2.24) is 9.97 Å². The van der Waals surface area contributed by atoms with Gasteiger partial charge in [0.15, 0.2) is 11.9 Å². The largest absolute Gasteiger partial charge is 0.534 e. The minimum atomic E-state index is -5.90. The van der Waals surface area contributed by atoms with Gasteiger partial charge in [0.1, 0.15) is 11.6 Å². The summed E-state index contributed by atoms with van der Waals surface area (Å²) < 4.78 is 91.8. The van der Waals surface area contributed by atoms with Crippen molar-refractivity contribution in [2.75, 3.05) is 20.2 Å². The summed E-state index contributed by atoms with van der Waals surface area (Å²) in [5, 5.41) is 1.08. The highest BCUT2D eigenvalue weighted by Gasteiger charge is 2.49. The maximum Gasteiger partial charge on any atom is 0.534 e. The molecular weight excluding hydrogens is 512 g/mol. The molecule has 4 rings (SSSR count). The van der Waals surface area contributed by atoms with E-state index >= 15 is 0 Å². The molecule has 0 radical (unpaired) electrons. The second kappa shape index (κ2) is 9.78. The fourth-order valence-corrected chi connectivity index (χ4v) is 4.87. The molecule has 7 nitrogen and oxygen atoms in total. The van der Waals surface area contributed by atoms with E-state index in [4.69, 9.17) is 9.47 Å². The van der Waals surface area contributed by atoms with Crippen LogP contribution in [0.5, 0.6) is 11.6 Å². The molecule has 0 saturated carbocycles. The Labute approximate surface area is 202 Å². The Morgan fingerprint density at radius 1 is 1.20 bits per heavy atom. The van der Waals surface area contributed by atoms with E-state index < -0.39 is 27.3 Å². The summed E-state index contributed by atoms with van der Waals surface area (Å²) in [6.45, 7) is -0.00749. The lowest BCUT2D eigenvalue weighted by molar-refractivity contribution is -0.0502. The van der Waals surface area contributed by atoms with Crippen LogP contribution in [0.4, 0.5) is 17.6 Å². The van der Waals surface area contributed by atoms with Gasteiger partial charge in [-0.1, -0.05) is 23.9 Å². The van der Waals surface area contributed by atoms with Crippen LogP contribution in [-0.4, -0.2) is 44.1 Å². The number of aromatic nitrogens is 2. The predicted octanol–water partition coefficient (Wildman–Crippen LogP) is 4.97. The highest BCUT2D eigenvalue weighted by atomic mass is 32.2. The van der Waals surface area contributed by atoms with E-state index in [2.05, 4.69) is 14.2 Å². The Hall–Kier alpha value is -2.64. The monoisotopic (exact) mass is 532 g/mol. The number of methoxy groups -OCH3 is 1. The summed E-state index contributed by atoms with van der Waals surface area (Å²) in [5.41, 5.74) is -4.42. The van der Waals surface area contributed by atoms with Gasteiger partial charge in [-0.2, -0.15) is 26.6 Å². The normalized spacial score (nSPS) is 16.2.